The summed E-state index contributed by atoms with van der Waals surface area (Å²) in [5.41, 5.74) is -0.00243. The summed E-state index contributed by atoms with van der Waals surface area (Å²) in [5, 5.41) is 13.2. The highest BCUT2D eigenvalue weighted by atomic mass is 16.6. The van der Waals surface area contributed by atoms with Gasteiger partial charge in [0.25, 0.3) is 11.8 Å². The number of nitrogens with one attached hydrogen (secondary N) is 1. The minimum atomic E-state index is -0.718. The fourth-order valence-corrected chi connectivity index (χ4v) is 1.92. The summed E-state index contributed by atoms with van der Waals surface area (Å²) in [4.78, 5) is 34.4. The van der Waals surface area contributed by atoms with E-state index in [4.69, 9.17) is 4.74 Å². The van der Waals surface area contributed by atoms with Crippen molar-refractivity contribution in [3.63, 3.8) is 0 Å². The van der Waals surface area contributed by atoms with E-state index in [1.807, 2.05) is 0 Å². The predicted octanol–water partition coefficient (Wildman–Crippen LogP) is 2.56. The molecule has 0 aliphatic carbocycles. The average Bonchev–Trinajstić information content (AvgIpc) is 2.56. The number of nitro benzene ring substituents is 1. The highest BCUT2D eigenvalue weighted by Gasteiger charge is 2.20. The highest BCUT2D eigenvalue weighted by molar-refractivity contribution is 6.10. The van der Waals surface area contributed by atoms with Crippen LogP contribution in [-0.4, -0.2) is 23.3 Å². The van der Waals surface area contributed by atoms with Gasteiger partial charge in [0.1, 0.15) is 0 Å². The average molecular weight is 314 g/mol. The second-order valence-electron chi connectivity index (χ2n) is 4.52. The molecule has 0 aromatic heterocycles. The van der Waals surface area contributed by atoms with Gasteiger partial charge in [0.05, 0.1) is 11.5 Å². The van der Waals surface area contributed by atoms with Gasteiger partial charge in [-0.2, -0.15) is 0 Å². The smallest absolute Gasteiger partial charge is 0.311 e. The molecule has 23 heavy (non-hydrogen) atoms. The summed E-state index contributed by atoms with van der Waals surface area (Å²) in [7, 11) is 0. The highest BCUT2D eigenvalue weighted by Crippen LogP contribution is 2.27. The Balaban J connectivity index is 2.21. The molecule has 1 N–H and O–H groups in total. The molecule has 0 heterocycles. The van der Waals surface area contributed by atoms with Gasteiger partial charge < -0.3 is 4.74 Å². The van der Waals surface area contributed by atoms with Gasteiger partial charge in [-0.25, -0.2) is 0 Å². The van der Waals surface area contributed by atoms with Crippen molar-refractivity contribution < 1.29 is 19.2 Å². The van der Waals surface area contributed by atoms with E-state index < -0.39 is 16.7 Å². The minimum absolute atomic E-state index is 0.00411. The van der Waals surface area contributed by atoms with E-state index in [1.54, 1.807) is 37.3 Å². The first-order valence-electron chi connectivity index (χ1n) is 6.85. The lowest BCUT2D eigenvalue weighted by atomic mass is 10.1. The predicted molar refractivity (Wildman–Crippen MR) is 82.5 cm³/mol. The molecule has 0 spiro atoms. The maximum Gasteiger partial charge on any atom is 0.311 e. The Morgan fingerprint density at radius 3 is 2.35 bits per heavy atom. The van der Waals surface area contributed by atoms with Crippen molar-refractivity contribution in [2.45, 2.75) is 6.92 Å². The molecule has 0 bridgehead atoms. The van der Waals surface area contributed by atoms with Crippen molar-refractivity contribution in [1.29, 1.82) is 0 Å². The number of imide groups is 1. The largest absolute Gasteiger partial charge is 0.487 e. The summed E-state index contributed by atoms with van der Waals surface area (Å²) in [6.07, 6.45) is 0. The van der Waals surface area contributed by atoms with Crippen LogP contribution in [0.15, 0.2) is 48.5 Å². The van der Waals surface area contributed by atoms with Crippen LogP contribution < -0.4 is 10.1 Å². The Labute approximate surface area is 132 Å². The van der Waals surface area contributed by atoms with E-state index in [0.29, 0.717) is 5.56 Å². The zero-order valence-electron chi connectivity index (χ0n) is 12.3. The minimum Gasteiger partial charge on any atom is -0.487 e. The molecule has 0 atom stereocenters. The first-order valence-corrected chi connectivity index (χ1v) is 6.85. The Hall–Kier alpha value is -3.22. The lowest BCUT2D eigenvalue weighted by Crippen LogP contribution is -2.30. The number of ether oxygens (including phenoxy) is 1. The number of carbonyl (C=O) groups is 2. The van der Waals surface area contributed by atoms with Gasteiger partial charge in [0, 0.05) is 17.2 Å². The van der Waals surface area contributed by atoms with Gasteiger partial charge >= 0.3 is 5.69 Å². The number of hydrogen-bond donors (Lipinski definition) is 1. The fraction of sp³-hybridized carbons (Fsp3) is 0.125. The first-order chi connectivity index (χ1) is 11.0. The van der Waals surface area contributed by atoms with Crippen LogP contribution in [0.4, 0.5) is 5.69 Å². The van der Waals surface area contributed by atoms with Crippen LogP contribution in [-0.2, 0) is 0 Å². The van der Waals surface area contributed by atoms with E-state index in [-0.39, 0.29) is 23.6 Å². The number of rotatable bonds is 5. The van der Waals surface area contributed by atoms with Crippen molar-refractivity contribution in [3.8, 4) is 5.75 Å². The number of amides is 2. The SMILES string of the molecule is CCOc1ccc(C(=O)NC(=O)c2ccccc2)cc1[N+](=O)[O-]. The molecular formula is C16H14N2O5. The number of benzene rings is 2. The molecule has 118 valence electrons. The topological polar surface area (TPSA) is 98.5 Å². The molecule has 0 fully saturated rings. The number of nitrogens with zero attached hydrogens (tertiary/aromatic N) is 1. The number of carbonyl (C=O) groups excluding carboxylic acids is 2. The second kappa shape index (κ2) is 7.17. The Kier molecular flexibility index (Phi) is 5.03. The van der Waals surface area contributed by atoms with Crippen LogP contribution in [0.3, 0.4) is 0 Å². The second-order valence-corrected chi connectivity index (χ2v) is 4.52. The molecular weight excluding hydrogens is 300 g/mol. The Morgan fingerprint density at radius 2 is 1.74 bits per heavy atom. The van der Waals surface area contributed by atoms with Crippen LogP contribution in [0.25, 0.3) is 0 Å². The Morgan fingerprint density at radius 1 is 1.09 bits per heavy atom. The third kappa shape index (κ3) is 3.91. The molecule has 0 radical (unpaired) electrons. The molecule has 0 saturated carbocycles. The fourth-order valence-electron chi connectivity index (χ4n) is 1.92. The summed E-state index contributed by atoms with van der Waals surface area (Å²) < 4.78 is 5.14. The zero-order valence-corrected chi connectivity index (χ0v) is 12.3. The van der Waals surface area contributed by atoms with Crippen LogP contribution in [0.1, 0.15) is 27.6 Å². The van der Waals surface area contributed by atoms with Crippen LogP contribution in [0.5, 0.6) is 5.75 Å². The summed E-state index contributed by atoms with van der Waals surface area (Å²) >= 11 is 0. The lowest BCUT2D eigenvalue weighted by Gasteiger charge is -2.07. The van der Waals surface area contributed by atoms with Crippen LogP contribution >= 0.6 is 0 Å². The molecule has 2 amide bonds. The molecule has 0 aliphatic heterocycles. The van der Waals surface area contributed by atoms with E-state index >= 15 is 0 Å². The van der Waals surface area contributed by atoms with Gasteiger partial charge in [0.15, 0.2) is 5.75 Å². The third-order valence-corrected chi connectivity index (χ3v) is 2.98. The van der Waals surface area contributed by atoms with E-state index in [0.717, 1.165) is 6.07 Å². The molecule has 2 aromatic rings. The lowest BCUT2D eigenvalue weighted by molar-refractivity contribution is -0.385. The molecule has 0 saturated heterocycles. The van der Waals surface area contributed by atoms with Gasteiger partial charge in [-0.05, 0) is 31.2 Å². The molecule has 7 nitrogen and oxygen atoms in total. The molecule has 0 aliphatic rings. The van der Waals surface area contributed by atoms with Gasteiger partial charge in [-0.1, -0.05) is 18.2 Å². The van der Waals surface area contributed by atoms with Crippen molar-refractivity contribution in [1.82, 2.24) is 5.32 Å². The maximum absolute atomic E-state index is 12.1. The van der Waals surface area contributed by atoms with Crippen molar-refractivity contribution in [2.75, 3.05) is 6.61 Å². The van der Waals surface area contributed by atoms with Crippen LogP contribution in [0, 0.1) is 10.1 Å². The van der Waals surface area contributed by atoms with Crippen molar-refractivity contribution in [3.05, 3.63) is 69.8 Å². The van der Waals surface area contributed by atoms with E-state index in [2.05, 4.69) is 5.32 Å². The quantitative estimate of drug-likeness (QED) is 0.519. The van der Waals surface area contributed by atoms with E-state index in [1.165, 1.54) is 12.1 Å². The first kappa shape index (κ1) is 16.2. The van der Waals surface area contributed by atoms with Crippen molar-refractivity contribution >= 4 is 17.5 Å². The summed E-state index contributed by atoms with van der Waals surface area (Å²) in [6, 6.07) is 12.0. The molecule has 2 rings (SSSR count). The van der Waals surface area contributed by atoms with Crippen LogP contribution in [0.2, 0.25) is 0 Å². The summed E-state index contributed by atoms with van der Waals surface area (Å²) in [6.45, 7) is 1.96. The molecule has 0 unspecified atom stereocenters. The van der Waals surface area contributed by atoms with Crippen molar-refractivity contribution in [2.24, 2.45) is 0 Å². The number of nitro groups is 1. The van der Waals surface area contributed by atoms with E-state index in [9.17, 15) is 19.7 Å². The normalized spacial score (nSPS) is 9.96. The summed E-state index contributed by atoms with van der Waals surface area (Å²) in [5.74, 6) is -1.22. The monoisotopic (exact) mass is 314 g/mol. The standard InChI is InChI=1S/C16H14N2O5/c1-2-23-14-9-8-12(10-13(14)18(21)22)16(20)17-15(19)11-6-4-3-5-7-11/h3-10H,2H2,1H3,(H,17,19,20). The molecule has 2 aromatic carbocycles. The van der Waals surface area contributed by atoms with Gasteiger partial charge in [-0.15, -0.1) is 0 Å². The maximum atomic E-state index is 12.1. The number of hydrogen-bond acceptors (Lipinski definition) is 5. The third-order valence-electron chi connectivity index (χ3n) is 2.98. The zero-order chi connectivity index (χ0) is 16.8. The van der Waals surface area contributed by atoms with Gasteiger partial charge in [0.2, 0.25) is 0 Å². The Bertz CT molecular complexity index is 743. The van der Waals surface area contributed by atoms with Gasteiger partial charge in [-0.3, -0.25) is 25.0 Å². The molecule has 7 heteroatoms.